The van der Waals surface area contributed by atoms with Gasteiger partial charge in [-0.3, -0.25) is 24.2 Å². The van der Waals surface area contributed by atoms with Crippen LogP contribution in [0.15, 0.2) is 24.3 Å². The number of amides is 3. The number of nitrogens with one attached hydrogen (secondary N) is 2. The maximum absolute atomic E-state index is 13.5. The summed E-state index contributed by atoms with van der Waals surface area (Å²) in [4.78, 5) is 41.6. The number of piperidine rings is 1. The first-order chi connectivity index (χ1) is 14.0. The largest absolute Gasteiger partial charge is 0.356 e. The molecule has 7 heteroatoms. The number of anilines is 2. The lowest BCUT2D eigenvalue weighted by Gasteiger charge is -2.45. The molecule has 0 aromatic heterocycles. The summed E-state index contributed by atoms with van der Waals surface area (Å²) in [7, 11) is 0. The number of benzene rings is 1. The van der Waals surface area contributed by atoms with E-state index in [0.717, 1.165) is 63.0 Å². The highest BCUT2D eigenvalue weighted by Gasteiger charge is 2.52. The van der Waals surface area contributed by atoms with Crippen LogP contribution in [0.2, 0.25) is 0 Å². The van der Waals surface area contributed by atoms with Crippen molar-refractivity contribution in [1.82, 2.24) is 10.2 Å². The molecule has 1 aliphatic carbocycles. The van der Waals surface area contributed by atoms with E-state index >= 15 is 0 Å². The zero-order valence-electron chi connectivity index (χ0n) is 17.1. The Bertz CT molecular complexity index is 795. The predicted octanol–water partition coefficient (Wildman–Crippen LogP) is 2.13. The lowest BCUT2D eigenvalue weighted by atomic mass is 9.89. The van der Waals surface area contributed by atoms with E-state index in [1.165, 1.54) is 0 Å². The van der Waals surface area contributed by atoms with Gasteiger partial charge in [0.15, 0.2) is 0 Å². The summed E-state index contributed by atoms with van der Waals surface area (Å²) in [6.07, 6.45) is 5.31. The molecule has 2 heterocycles. The van der Waals surface area contributed by atoms with E-state index in [2.05, 4.69) is 15.5 Å². The molecule has 29 heavy (non-hydrogen) atoms. The van der Waals surface area contributed by atoms with Crippen molar-refractivity contribution in [3.05, 3.63) is 24.3 Å². The quantitative estimate of drug-likeness (QED) is 0.814. The number of hydrogen-bond acceptors (Lipinski definition) is 4. The molecule has 1 saturated carbocycles. The minimum absolute atomic E-state index is 0.00603. The molecule has 0 radical (unpaired) electrons. The van der Waals surface area contributed by atoms with E-state index in [-0.39, 0.29) is 17.7 Å². The average molecular weight is 399 g/mol. The molecule has 2 fully saturated rings. The molecule has 156 valence electrons. The molecular formula is C22H30N4O3. The Morgan fingerprint density at radius 3 is 2.55 bits per heavy atom. The van der Waals surface area contributed by atoms with Gasteiger partial charge in [0.05, 0.1) is 17.9 Å². The smallest absolute Gasteiger partial charge is 0.250 e. The van der Waals surface area contributed by atoms with E-state index in [1.807, 2.05) is 24.3 Å². The topological polar surface area (TPSA) is 81.8 Å². The minimum Gasteiger partial charge on any atom is -0.356 e. The van der Waals surface area contributed by atoms with Gasteiger partial charge < -0.3 is 10.6 Å². The van der Waals surface area contributed by atoms with Crippen molar-refractivity contribution in [1.29, 1.82) is 0 Å². The first kappa shape index (κ1) is 19.9. The summed E-state index contributed by atoms with van der Waals surface area (Å²) in [6, 6.07) is 7.61. The lowest BCUT2D eigenvalue weighted by molar-refractivity contribution is -0.128. The molecule has 4 rings (SSSR count). The standard InChI is InChI=1S/C22H30N4O3/c1-16(27)23-14-17-8-12-25(13-9-17)15-20(28)26-19-7-3-2-6-18(19)24-21(29)22(26)10-4-5-11-22/h2-3,6-7,17H,4-5,8-15H2,1H3,(H,23,27)(H,24,29). The number of fused-ring (bicyclic) bond motifs is 1. The summed E-state index contributed by atoms with van der Waals surface area (Å²) < 4.78 is 0. The number of para-hydroxylation sites is 2. The van der Waals surface area contributed by atoms with Gasteiger partial charge in [-0.1, -0.05) is 25.0 Å². The lowest BCUT2D eigenvalue weighted by Crippen LogP contribution is -2.62. The van der Waals surface area contributed by atoms with Crippen LogP contribution in [0, 0.1) is 5.92 Å². The molecule has 0 bridgehead atoms. The SMILES string of the molecule is CC(=O)NCC1CCN(CC(=O)N2c3ccccc3NC(=O)C23CCCC3)CC1. The van der Waals surface area contributed by atoms with E-state index in [4.69, 9.17) is 0 Å². The molecule has 2 aliphatic heterocycles. The Balaban J connectivity index is 1.47. The van der Waals surface area contributed by atoms with Crippen LogP contribution in [0.5, 0.6) is 0 Å². The maximum Gasteiger partial charge on any atom is 0.250 e. The van der Waals surface area contributed by atoms with E-state index in [0.29, 0.717) is 19.0 Å². The molecule has 1 aromatic rings. The Kier molecular flexibility index (Phi) is 5.58. The van der Waals surface area contributed by atoms with Gasteiger partial charge in [0.2, 0.25) is 11.8 Å². The molecule has 2 N–H and O–H groups in total. The van der Waals surface area contributed by atoms with Gasteiger partial charge in [0.1, 0.15) is 5.54 Å². The monoisotopic (exact) mass is 398 g/mol. The van der Waals surface area contributed by atoms with Crippen LogP contribution >= 0.6 is 0 Å². The van der Waals surface area contributed by atoms with E-state index < -0.39 is 5.54 Å². The second-order valence-electron chi connectivity index (χ2n) is 8.60. The number of rotatable bonds is 4. The van der Waals surface area contributed by atoms with Gasteiger partial charge in [0, 0.05) is 13.5 Å². The fourth-order valence-corrected chi connectivity index (χ4v) is 5.03. The highest BCUT2D eigenvalue weighted by Crippen LogP contribution is 2.45. The first-order valence-electron chi connectivity index (χ1n) is 10.7. The maximum atomic E-state index is 13.5. The fourth-order valence-electron chi connectivity index (χ4n) is 5.03. The van der Waals surface area contributed by atoms with Crippen LogP contribution in [0.3, 0.4) is 0 Å². The molecule has 3 aliphatic rings. The van der Waals surface area contributed by atoms with E-state index in [9.17, 15) is 14.4 Å². The number of likely N-dealkylation sites (tertiary alicyclic amines) is 1. The summed E-state index contributed by atoms with van der Waals surface area (Å²) in [5.74, 6) is 0.435. The summed E-state index contributed by atoms with van der Waals surface area (Å²) in [5, 5.41) is 5.92. The van der Waals surface area contributed by atoms with E-state index in [1.54, 1.807) is 11.8 Å². The van der Waals surface area contributed by atoms with Crippen molar-refractivity contribution in [3.8, 4) is 0 Å². The predicted molar refractivity (Wildman–Crippen MR) is 112 cm³/mol. The zero-order valence-corrected chi connectivity index (χ0v) is 17.1. The average Bonchev–Trinajstić information content (AvgIpc) is 3.18. The Morgan fingerprint density at radius 2 is 1.86 bits per heavy atom. The molecule has 0 unspecified atom stereocenters. The highest BCUT2D eigenvalue weighted by molar-refractivity contribution is 6.15. The normalized spacial score (nSPS) is 21.7. The number of carbonyl (C=O) groups is 3. The number of hydrogen-bond donors (Lipinski definition) is 2. The first-order valence-corrected chi connectivity index (χ1v) is 10.7. The van der Waals surface area contributed by atoms with Crippen LogP contribution < -0.4 is 15.5 Å². The molecule has 3 amide bonds. The van der Waals surface area contributed by atoms with Crippen molar-refractivity contribution in [2.75, 3.05) is 36.4 Å². The third-order valence-electron chi connectivity index (χ3n) is 6.63. The Hall–Kier alpha value is -2.41. The molecular weight excluding hydrogens is 368 g/mol. The van der Waals surface area contributed by atoms with Gasteiger partial charge in [-0.05, 0) is 56.8 Å². The van der Waals surface area contributed by atoms with Gasteiger partial charge in [-0.25, -0.2) is 0 Å². The van der Waals surface area contributed by atoms with Crippen LogP contribution in [-0.2, 0) is 14.4 Å². The number of nitrogens with zero attached hydrogens (tertiary/aromatic N) is 2. The van der Waals surface area contributed by atoms with Crippen molar-refractivity contribution in [3.63, 3.8) is 0 Å². The molecule has 0 atom stereocenters. The molecule has 7 nitrogen and oxygen atoms in total. The summed E-state index contributed by atoms with van der Waals surface area (Å²) in [5.41, 5.74) is 0.798. The van der Waals surface area contributed by atoms with Gasteiger partial charge in [-0.15, -0.1) is 0 Å². The van der Waals surface area contributed by atoms with Crippen LogP contribution in [0.25, 0.3) is 0 Å². The third-order valence-corrected chi connectivity index (χ3v) is 6.63. The van der Waals surface area contributed by atoms with Gasteiger partial charge in [0.25, 0.3) is 5.91 Å². The molecule has 1 aromatic carbocycles. The van der Waals surface area contributed by atoms with Crippen LogP contribution in [0.1, 0.15) is 45.4 Å². The van der Waals surface area contributed by atoms with Crippen LogP contribution in [0.4, 0.5) is 11.4 Å². The fraction of sp³-hybridized carbons (Fsp3) is 0.591. The second-order valence-corrected chi connectivity index (χ2v) is 8.60. The third kappa shape index (κ3) is 3.88. The Morgan fingerprint density at radius 1 is 1.17 bits per heavy atom. The molecule has 1 spiro atoms. The van der Waals surface area contributed by atoms with Crippen molar-refractivity contribution >= 4 is 29.1 Å². The Labute approximate surface area is 171 Å². The number of carbonyl (C=O) groups excluding carboxylic acids is 3. The van der Waals surface area contributed by atoms with Gasteiger partial charge in [-0.2, -0.15) is 0 Å². The van der Waals surface area contributed by atoms with Crippen LogP contribution in [-0.4, -0.2) is 54.3 Å². The second kappa shape index (κ2) is 8.14. The summed E-state index contributed by atoms with van der Waals surface area (Å²) in [6.45, 7) is 4.25. The van der Waals surface area contributed by atoms with Gasteiger partial charge >= 0.3 is 0 Å². The highest BCUT2D eigenvalue weighted by atomic mass is 16.2. The minimum atomic E-state index is -0.741. The van der Waals surface area contributed by atoms with Crippen molar-refractivity contribution in [2.45, 2.75) is 51.0 Å². The summed E-state index contributed by atoms with van der Waals surface area (Å²) >= 11 is 0. The zero-order chi connectivity index (χ0) is 20.4. The molecule has 1 saturated heterocycles. The van der Waals surface area contributed by atoms with Crippen molar-refractivity contribution < 1.29 is 14.4 Å². The van der Waals surface area contributed by atoms with Crippen molar-refractivity contribution in [2.24, 2.45) is 5.92 Å².